The molecule has 1 aromatic heterocycles. The minimum absolute atomic E-state index is 0.0146. The molecule has 1 heterocycles. The Kier molecular flexibility index (Phi) is 8.07. The van der Waals surface area contributed by atoms with Gasteiger partial charge in [0.15, 0.2) is 5.76 Å². The van der Waals surface area contributed by atoms with Crippen molar-refractivity contribution in [2.24, 2.45) is 0 Å². The van der Waals surface area contributed by atoms with Gasteiger partial charge in [0.1, 0.15) is 0 Å². The van der Waals surface area contributed by atoms with Crippen LogP contribution in [0.4, 0.5) is 0 Å². The molecule has 1 atom stereocenters. The maximum Gasteiger partial charge on any atom is 0.286 e. The molecule has 2 N–H and O–H groups in total. The Bertz CT molecular complexity index is 709. The number of aryl methyl sites for hydroxylation is 1. The van der Waals surface area contributed by atoms with E-state index in [1.165, 1.54) is 17.4 Å². The molecule has 27 heavy (non-hydrogen) atoms. The zero-order valence-corrected chi connectivity index (χ0v) is 16.3. The molecule has 0 aliphatic carbocycles. The number of rotatable bonds is 10. The van der Waals surface area contributed by atoms with Crippen molar-refractivity contribution in [2.45, 2.75) is 32.2 Å². The average Bonchev–Trinajstić information content (AvgIpc) is 3.20. The molecular formula is C21H29N3O3. The molecule has 146 valence electrons. The van der Waals surface area contributed by atoms with Gasteiger partial charge in [0.2, 0.25) is 5.91 Å². The monoisotopic (exact) mass is 371 g/mol. The Balaban J connectivity index is 1.72. The maximum atomic E-state index is 12.1. The van der Waals surface area contributed by atoms with Crippen molar-refractivity contribution >= 4 is 11.8 Å². The first-order valence-electron chi connectivity index (χ1n) is 9.35. The van der Waals surface area contributed by atoms with Gasteiger partial charge in [0.25, 0.3) is 5.91 Å². The number of hydrogen-bond acceptors (Lipinski definition) is 4. The Morgan fingerprint density at radius 2 is 1.85 bits per heavy atom. The van der Waals surface area contributed by atoms with Gasteiger partial charge in [0.05, 0.1) is 12.3 Å². The van der Waals surface area contributed by atoms with E-state index in [4.69, 9.17) is 4.42 Å². The lowest BCUT2D eigenvalue weighted by atomic mass is 10.0. The van der Waals surface area contributed by atoms with Crippen LogP contribution in [0.3, 0.4) is 0 Å². The largest absolute Gasteiger partial charge is 0.459 e. The first-order chi connectivity index (χ1) is 13.0. The van der Waals surface area contributed by atoms with Gasteiger partial charge in [-0.3, -0.25) is 9.59 Å². The van der Waals surface area contributed by atoms with Crippen molar-refractivity contribution in [1.82, 2.24) is 15.5 Å². The average molecular weight is 371 g/mol. The van der Waals surface area contributed by atoms with Crippen LogP contribution in [0.25, 0.3) is 0 Å². The van der Waals surface area contributed by atoms with E-state index in [9.17, 15) is 9.59 Å². The highest BCUT2D eigenvalue weighted by atomic mass is 16.3. The number of hydrogen-bond donors (Lipinski definition) is 2. The number of furan rings is 1. The fourth-order valence-corrected chi connectivity index (χ4v) is 2.82. The second-order valence-corrected chi connectivity index (χ2v) is 6.72. The lowest BCUT2D eigenvalue weighted by molar-refractivity contribution is -0.121. The third-order valence-electron chi connectivity index (χ3n) is 4.50. The van der Waals surface area contributed by atoms with Crippen molar-refractivity contribution < 1.29 is 14.0 Å². The highest BCUT2D eigenvalue weighted by Crippen LogP contribution is 2.18. The number of carbonyl (C=O) groups excluding carboxylic acids is 2. The molecule has 2 aromatic rings. The van der Waals surface area contributed by atoms with E-state index in [-0.39, 0.29) is 23.6 Å². The lowest BCUT2D eigenvalue weighted by Gasteiger charge is -2.25. The van der Waals surface area contributed by atoms with Crippen molar-refractivity contribution in [3.8, 4) is 0 Å². The van der Waals surface area contributed by atoms with E-state index >= 15 is 0 Å². The summed E-state index contributed by atoms with van der Waals surface area (Å²) in [7, 11) is 4.02. The first-order valence-corrected chi connectivity index (χ1v) is 9.35. The quantitative estimate of drug-likeness (QED) is 0.630. The van der Waals surface area contributed by atoms with Gasteiger partial charge in [0, 0.05) is 19.5 Å². The Morgan fingerprint density at radius 1 is 1.11 bits per heavy atom. The van der Waals surface area contributed by atoms with Crippen LogP contribution in [0.1, 0.15) is 47.5 Å². The van der Waals surface area contributed by atoms with Gasteiger partial charge in [-0.1, -0.05) is 31.2 Å². The van der Waals surface area contributed by atoms with Crippen LogP contribution < -0.4 is 10.6 Å². The molecule has 0 saturated heterocycles. The summed E-state index contributed by atoms with van der Waals surface area (Å²) in [5, 5.41) is 5.73. The van der Waals surface area contributed by atoms with Gasteiger partial charge >= 0.3 is 0 Å². The zero-order valence-electron chi connectivity index (χ0n) is 16.3. The van der Waals surface area contributed by atoms with Crippen LogP contribution in [0.2, 0.25) is 0 Å². The van der Waals surface area contributed by atoms with Crippen molar-refractivity contribution in [2.75, 3.05) is 27.2 Å². The second kappa shape index (κ2) is 10.5. The summed E-state index contributed by atoms with van der Waals surface area (Å²) in [6, 6.07) is 11.9. The summed E-state index contributed by atoms with van der Waals surface area (Å²) in [6.07, 6.45) is 3.42. The predicted octanol–water partition coefficient (Wildman–Crippen LogP) is 2.77. The van der Waals surface area contributed by atoms with E-state index < -0.39 is 0 Å². The van der Waals surface area contributed by atoms with Gasteiger partial charge in [-0.15, -0.1) is 0 Å². The van der Waals surface area contributed by atoms with Crippen molar-refractivity contribution in [3.05, 3.63) is 59.5 Å². The molecule has 2 amide bonds. The van der Waals surface area contributed by atoms with Crippen LogP contribution in [-0.4, -0.2) is 43.9 Å². The summed E-state index contributed by atoms with van der Waals surface area (Å²) >= 11 is 0. The van der Waals surface area contributed by atoms with Gasteiger partial charge < -0.3 is 20.0 Å². The predicted molar refractivity (Wildman–Crippen MR) is 106 cm³/mol. The molecular weight excluding hydrogens is 342 g/mol. The molecule has 1 unspecified atom stereocenters. The van der Waals surface area contributed by atoms with Gasteiger partial charge in [-0.25, -0.2) is 0 Å². The normalized spacial score (nSPS) is 12.0. The minimum atomic E-state index is -0.261. The van der Waals surface area contributed by atoms with Gasteiger partial charge in [-0.2, -0.15) is 0 Å². The molecule has 0 aliphatic rings. The summed E-state index contributed by atoms with van der Waals surface area (Å²) in [5.41, 5.74) is 2.49. The lowest BCUT2D eigenvalue weighted by Crippen LogP contribution is -2.35. The van der Waals surface area contributed by atoms with E-state index in [1.54, 1.807) is 12.1 Å². The number of nitrogens with zero attached hydrogens (tertiary/aromatic N) is 1. The molecule has 6 heteroatoms. The number of likely N-dealkylation sites (N-methyl/N-ethyl adjacent to an activating group) is 1. The third-order valence-corrected chi connectivity index (χ3v) is 4.50. The molecule has 0 fully saturated rings. The Morgan fingerprint density at radius 3 is 2.44 bits per heavy atom. The molecule has 1 aromatic carbocycles. The van der Waals surface area contributed by atoms with Crippen LogP contribution in [0, 0.1) is 0 Å². The Hall–Kier alpha value is -2.60. The summed E-state index contributed by atoms with van der Waals surface area (Å²) in [6.45, 7) is 3.12. The molecule has 2 rings (SSSR count). The van der Waals surface area contributed by atoms with E-state index in [2.05, 4.69) is 46.7 Å². The van der Waals surface area contributed by atoms with Gasteiger partial charge in [-0.05, 0) is 50.2 Å². The summed E-state index contributed by atoms with van der Waals surface area (Å²) in [5.74, 6) is 0.00486. The molecule has 0 spiro atoms. The standard InChI is InChI=1S/C21H29N3O3/c1-4-16-9-11-17(12-10-16)18(24(2)3)15-23-20(25)8-5-13-22-21(26)19-7-6-14-27-19/h6-7,9-12,14,18H,4-5,8,13,15H2,1-3H3,(H,22,26)(H,23,25). The minimum Gasteiger partial charge on any atom is -0.459 e. The fraction of sp³-hybridized carbons (Fsp3) is 0.429. The van der Waals surface area contributed by atoms with Crippen LogP contribution in [0.5, 0.6) is 0 Å². The molecule has 0 bridgehead atoms. The van der Waals surface area contributed by atoms with Crippen LogP contribution >= 0.6 is 0 Å². The third kappa shape index (κ3) is 6.57. The topological polar surface area (TPSA) is 74.6 Å². The van der Waals surface area contributed by atoms with Crippen molar-refractivity contribution in [3.63, 3.8) is 0 Å². The van der Waals surface area contributed by atoms with E-state index in [0.717, 1.165) is 6.42 Å². The molecule has 0 aliphatic heterocycles. The zero-order chi connectivity index (χ0) is 19.6. The molecule has 0 radical (unpaired) electrons. The number of carbonyl (C=O) groups is 2. The SMILES string of the molecule is CCc1ccc(C(CNC(=O)CCCNC(=O)c2ccco2)N(C)C)cc1. The van der Waals surface area contributed by atoms with Crippen LogP contribution in [0.15, 0.2) is 47.1 Å². The highest BCUT2D eigenvalue weighted by molar-refractivity contribution is 5.91. The highest BCUT2D eigenvalue weighted by Gasteiger charge is 2.15. The Labute approximate surface area is 160 Å². The van der Waals surface area contributed by atoms with E-state index in [1.807, 2.05) is 14.1 Å². The van der Waals surface area contributed by atoms with E-state index in [0.29, 0.717) is 25.9 Å². The van der Waals surface area contributed by atoms with Crippen LogP contribution in [-0.2, 0) is 11.2 Å². The summed E-state index contributed by atoms with van der Waals surface area (Å²) in [4.78, 5) is 25.9. The number of nitrogens with one attached hydrogen (secondary N) is 2. The smallest absolute Gasteiger partial charge is 0.286 e. The first kappa shape index (κ1) is 20.7. The fourth-order valence-electron chi connectivity index (χ4n) is 2.82. The summed E-state index contributed by atoms with van der Waals surface area (Å²) < 4.78 is 5.02. The second-order valence-electron chi connectivity index (χ2n) is 6.72. The molecule has 0 saturated carbocycles. The van der Waals surface area contributed by atoms with Crippen molar-refractivity contribution in [1.29, 1.82) is 0 Å². The molecule has 6 nitrogen and oxygen atoms in total. The number of amides is 2. The maximum absolute atomic E-state index is 12.1. The number of benzene rings is 1.